The van der Waals surface area contributed by atoms with E-state index in [1.807, 2.05) is 67.6 Å². The van der Waals surface area contributed by atoms with Crippen LogP contribution in [0, 0.1) is 0 Å². The van der Waals surface area contributed by atoms with Crippen LogP contribution in [-0.2, 0) is 41.7 Å². The van der Waals surface area contributed by atoms with E-state index in [1.165, 1.54) is 14.0 Å². The Balaban J connectivity index is 1.42. The van der Waals surface area contributed by atoms with Gasteiger partial charge in [-0.1, -0.05) is 66.7 Å². The Morgan fingerprint density at radius 2 is 1.56 bits per heavy atom. The summed E-state index contributed by atoms with van der Waals surface area (Å²) in [6.45, 7) is 4.09. The Morgan fingerprint density at radius 3 is 2.18 bits per heavy atom. The molecule has 1 fully saturated rings. The van der Waals surface area contributed by atoms with Crippen molar-refractivity contribution in [3.8, 4) is 5.75 Å². The van der Waals surface area contributed by atoms with Gasteiger partial charge in [-0.2, -0.15) is 0 Å². The lowest BCUT2D eigenvalue weighted by atomic mass is 9.91. The number of hydrogen-bond acceptors (Lipinski definition) is 8. The van der Waals surface area contributed by atoms with Crippen molar-refractivity contribution in [1.29, 1.82) is 0 Å². The lowest BCUT2D eigenvalue weighted by molar-refractivity contribution is -0.204. The number of esters is 2. The van der Waals surface area contributed by atoms with Gasteiger partial charge in [0.1, 0.15) is 11.9 Å². The second kappa shape index (κ2) is 12.0. The summed E-state index contributed by atoms with van der Waals surface area (Å²) in [7, 11) is 1.51. The monoisotopic (exact) mass is 532 g/mol. The Bertz CT molecular complexity index is 1290. The fourth-order valence-electron chi connectivity index (χ4n) is 5.15. The largest absolute Gasteiger partial charge is 0.496 e. The van der Waals surface area contributed by atoms with E-state index in [0.29, 0.717) is 42.1 Å². The lowest BCUT2D eigenvalue weighted by Crippen LogP contribution is -2.47. The maximum Gasteiger partial charge on any atom is 0.342 e. The highest BCUT2D eigenvalue weighted by molar-refractivity contribution is 5.95. The summed E-state index contributed by atoms with van der Waals surface area (Å²) in [6, 6.07) is 23.4. The van der Waals surface area contributed by atoms with E-state index in [2.05, 4.69) is 0 Å². The van der Waals surface area contributed by atoms with E-state index in [9.17, 15) is 9.59 Å². The van der Waals surface area contributed by atoms with Gasteiger partial charge in [0.15, 0.2) is 0 Å². The molecule has 204 valence electrons. The molecule has 3 aromatic rings. The van der Waals surface area contributed by atoms with Gasteiger partial charge in [0.2, 0.25) is 0 Å². The summed E-state index contributed by atoms with van der Waals surface area (Å²) >= 11 is 0. The summed E-state index contributed by atoms with van der Waals surface area (Å²) < 4.78 is 35.6. The number of ether oxygens (including phenoxy) is 6. The average molecular weight is 533 g/mol. The standard InChI is InChI=1S/C31H32O8/c1-19-28(36-18-22-12-8-5-9-13-22)26(35-17-21-10-6-4-7-11-21)16-25(37-19)23-14-15-24-27(29(23)34-3)31(38-20(2)32)39-30(24)33/h4-15,19,25-26,28,31H,16-18H2,1-3H3/t19-,25-,26-,28-,31?/m1/s1. The van der Waals surface area contributed by atoms with Crippen LogP contribution in [0.2, 0.25) is 0 Å². The molecule has 5 rings (SSSR count). The Hall–Kier alpha value is -3.72. The van der Waals surface area contributed by atoms with Gasteiger partial charge in [-0.15, -0.1) is 0 Å². The quantitative estimate of drug-likeness (QED) is 0.336. The molecule has 2 aliphatic rings. The molecule has 1 unspecified atom stereocenters. The summed E-state index contributed by atoms with van der Waals surface area (Å²) in [5.74, 6) is -0.742. The highest BCUT2D eigenvalue weighted by Gasteiger charge is 2.43. The van der Waals surface area contributed by atoms with Crippen molar-refractivity contribution in [3.05, 3.63) is 101 Å². The zero-order valence-corrected chi connectivity index (χ0v) is 22.2. The minimum atomic E-state index is -1.17. The van der Waals surface area contributed by atoms with E-state index in [-0.39, 0.29) is 18.3 Å². The molecule has 0 aromatic heterocycles. The first kappa shape index (κ1) is 26.9. The molecule has 0 aliphatic carbocycles. The first-order valence-corrected chi connectivity index (χ1v) is 13.0. The second-order valence-electron chi connectivity index (χ2n) is 9.66. The van der Waals surface area contributed by atoms with Crippen LogP contribution >= 0.6 is 0 Å². The van der Waals surface area contributed by atoms with Crippen molar-refractivity contribution in [2.75, 3.05) is 7.11 Å². The first-order chi connectivity index (χ1) is 18.9. The van der Waals surface area contributed by atoms with E-state index < -0.39 is 24.3 Å². The zero-order valence-electron chi connectivity index (χ0n) is 22.2. The predicted molar refractivity (Wildman–Crippen MR) is 141 cm³/mol. The third-order valence-electron chi connectivity index (χ3n) is 6.97. The highest BCUT2D eigenvalue weighted by Crippen LogP contribution is 2.46. The number of rotatable bonds is 9. The summed E-state index contributed by atoms with van der Waals surface area (Å²) in [6.07, 6.45) is -2.03. The van der Waals surface area contributed by atoms with Crippen molar-refractivity contribution >= 4 is 11.9 Å². The Labute approximate surface area is 227 Å². The van der Waals surface area contributed by atoms with Gasteiger partial charge in [-0.3, -0.25) is 4.79 Å². The fourth-order valence-corrected chi connectivity index (χ4v) is 5.15. The van der Waals surface area contributed by atoms with Crippen LogP contribution in [0.3, 0.4) is 0 Å². The Kier molecular flexibility index (Phi) is 8.26. The molecule has 8 heteroatoms. The second-order valence-corrected chi connectivity index (χ2v) is 9.66. The summed E-state index contributed by atoms with van der Waals surface area (Å²) in [5, 5.41) is 0. The van der Waals surface area contributed by atoms with Crippen molar-refractivity contribution < 1.29 is 38.0 Å². The van der Waals surface area contributed by atoms with Crippen LogP contribution in [-0.4, -0.2) is 37.4 Å². The minimum Gasteiger partial charge on any atom is -0.496 e. The zero-order chi connectivity index (χ0) is 27.4. The van der Waals surface area contributed by atoms with Crippen molar-refractivity contribution in [3.63, 3.8) is 0 Å². The van der Waals surface area contributed by atoms with Crippen LogP contribution in [0.1, 0.15) is 65.3 Å². The molecule has 39 heavy (non-hydrogen) atoms. The first-order valence-electron chi connectivity index (χ1n) is 13.0. The molecular formula is C31H32O8. The fraction of sp³-hybridized carbons (Fsp3) is 0.355. The third-order valence-corrected chi connectivity index (χ3v) is 6.97. The van der Waals surface area contributed by atoms with Crippen LogP contribution in [0.15, 0.2) is 72.8 Å². The number of fused-ring (bicyclic) bond motifs is 1. The van der Waals surface area contributed by atoms with Crippen LogP contribution in [0.4, 0.5) is 0 Å². The van der Waals surface area contributed by atoms with Gasteiger partial charge in [-0.25, -0.2) is 4.79 Å². The molecule has 5 atom stereocenters. The van der Waals surface area contributed by atoms with Gasteiger partial charge in [0, 0.05) is 18.9 Å². The molecule has 0 bridgehead atoms. The molecule has 0 amide bonds. The smallest absolute Gasteiger partial charge is 0.342 e. The molecule has 0 radical (unpaired) electrons. The molecule has 2 heterocycles. The molecule has 0 spiro atoms. The topological polar surface area (TPSA) is 89.5 Å². The third kappa shape index (κ3) is 5.98. The van der Waals surface area contributed by atoms with Gasteiger partial charge in [0.25, 0.3) is 6.29 Å². The molecule has 8 nitrogen and oxygen atoms in total. The SMILES string of the molecule is COc1c([C@H]2C[C@@H](OCc3ccccc3)[C@H](OCc3ccccc3)[C@@H](C)O2)ccc2c1C(OC(C)=O)OC2=O. The Morgan fingerprint density at radius 1 is 0.923 bits per heavy atom. The number of hydrogen-bond donors (Lipinski definition) is 0. The van der Waals surface area contributed by atoms with Crippen LogP contribution < -0.4 is 4.74 Å². The number of carbonyl (C=O) groups is 2. The molecular weight excluding hydrogens is 500 g/mol. The lowest BCUT2D eigenvalue weighted by Gasteiger charge is -2.41. The number of carbonyl (C=O) groups excluding carboxylic acids is 2. The van der Waals surface area contributed by atoms with Crippen LogP contribution in [0.25, 0.3) is 0 Å². The molecule has 3 aromatic carbocycles. The number of cyclic esters (lactones) is 1. The van der Waals surface area contributed by atoms with Gasteiger partial charge in [-0.05, 0) is 24.1 Å². The van der Waals surface area contributed by atoms with E-state index in [1.54, 1.807) is 12.1 Å². The molecule has 1 saturated heterocycles. The minimum absolute atomic E-state index is 0.289. The summed E-state index contributed by atoms with van der Waals surface area (Å²) in [4.78, 5) is 24.1. The number of benzene rings is 3. The summed E-state index contributed by atoms with van der Waals surface area (Å²) in [5.41, 5.74) is 3.52. The predicted octanol–water partition coefficient (Wildman–Crippen LogP) is 5.45. The molecule has 2 aliphatic heterocycles. The van der Waals surface area contributed by atoms with Crippen molar-refractivity contribution in [2.24, 2.45) is 0 Å². The highest BCUT2D eigenvalue weighted by atomic mass is 16.7. The molecule has 0 saturated carbocycles. The molecule has 0 N–H and O–H groups in total. The van der Waals surface area contributed by atoms with Gasteiger partial charge in [0.05, 0.1) is 49.8 Å². The van der Waals surface area contributed by atoms with Gasteiger partial charge < -0.3 is 28.4 Å². The normalized spacial score (nSPS) is 24.1. The maximum absolute atomic E-state index is 12.4. The maximum atomic E-state index is 12.4. The van der Waals surface area contributed by atoms with E-state index in [0.717, 1.165) is 11.1 Å². The van der Waals surface area contributed by atoms with E-state index in [4.69, 9.17) is 28.4 Å². The van der Waals surface area contributed by atoms with Gasteiger partial charge >= 0.3 is 11.9 Å². The van der Waals surface area contributed by atoms with Crippen molar-refractivity contribution in [1.82, 2.24) is 0 Å². The average Bonchev–Trinajstić information content (AvgIpc) is 3.26. The van der Waals surface area contributed by atoms with E-state index >= 15 is 0 Å². The van der Waals surface area contributed by atoms with Crippen LogP contribution in [0.5, 0.6) is 5.75 Å². The number of methoxy groups -OCH3 is 1. The van der Waals surface area contributed by atoms with Crippen molar-refractivity contribution in [2.45, 2.75) is 64.2 Å².